The molecule has 0 saturated carbocycles. The number of aryl methyl sites for hydroxylation is 2. The first-order valence-corrected chi connectivity index (χ1v) is 8.47. The van der Waals surface area contributed by atoms with Crippen LogP contribution in [0.3, 0.4) is 0 Å². The third kappa shape index (κ3) is 3.80. The average Bonchev–Trinajstić information content (AvgIpc) is 2.91. The predicted octanol–water partition coefficient (Wildman–Crippen LogP) is 3.58. The summed E-state index contributed by atoms with van der Waals surface area (Å²) in [7, 11) is 1.81. The molecule has 1 N–H and O–H groups in total. The molecule has 4 nitrogen and oxygen atoms in total. The Morgan fingerprint density at radius 1 is 1.18 bits per heavy atom. The Morgan fingerprint density at radius 2 is 1.82 bits per heavy atom. The summed E-state index contributed by atoms with van der Waals surface area (Å²) in [6.45, 7) is 9.58. The smallest absolute Gasteiger partial charge is 0.274 e. The molecule has 22 heavy (non-hydrogen) atoms. The highest BCUT2D eigenvalue weighted by atomic mass is 16.1. The van der Waals surface area contributed by atoms with Gasteiger partial charge in [-0.1, -0.05) is 26.7 Å². The van der Waals surface area contributed by atoms with Crippen LogP contribution in [0.1, 0.15) is 50.8 Å². The van der Waals surface area contributed by atoms with Crippen LogP contribution in [0.15, 0.2) is 17.1 Å². The number of nitrogens with zero attached hydrogens (tertiary/aromatic N) is 2. The van der Waals surface area contributed by atoms with Gasteiger partial charge in [0.05, 0.1) is 0 Å². The van der Waals surface area contributed by atoms with E-state index in [0.29, 0.717) is 0 Å². The Bertz CT molecular complexity index is 663. The Hall–Kier alpha value is -1.55. The minimum atomic E-state index is 0.0606. The van der Waals surface area contributed by atoms with Gasteiger partial charge in [-0.05, 0) is 44.5 Å². The largest absolute Gasteiger partial charge is 0.353 e. The predicted molar refractivity (Wildman–Crippen MR) is 93.4 cm³/mol. The van der Waals surface area contributed by atoms with Crippen LogP contribution in [0.5, 0.6) is 0 Å². The highest BCUT2D eigenvalue weighted by Gasteiger charge is 2.13. The number of aromatic amines is 1. The summed E-state index contributed by atoms with van der Waals surface area (Å²) in [5.74, 6) is 0. The lowest BCUT2D eigenvalue weighted by Gasteiger charge is -2.25. The number of H-pyrrole nitrogens is 1. The number of hydrogen-bond acceptors (Lipinski definition) is 2. The molecule has 1 aliphatic heterocycles. The van der Waals surface area contributed by atoms with Crippen LogP contribution in [0.4, 0.5) is 0 Å². The second-order valence-corrected chi connectivity index (χ2v) is 6.36. The van der Waals surface area contributed by atoms with Gasteiger partial charge in [-0.15, -0.1) is 0 Å². The maximum atomic E-state index is 12.1. The molecule has 122 valence electrons. The molecule has 1 fully saturated rings. The average molecular weight is 303 g/mol. The zero-order chi connectivity index (χ0) is 16.1. The lowest BCUT2D eigenvalue weighted by atomic mass is 10.1. The SMILES string of the molecule is CCC.Cc1cn(C)c(=O)c2[nH]c(CN3CCCCC3)cc12. The molecule has 3 rings (SSSR count). The lowest BCUT2D eigenvalue weighted by molar-refractivity contribution is 0.219. The normalized spacial score (nSPS) is 15.6. The van der Waals surface area contributed by atoms with Crippen LogP contribution in [-0.4, -0.2) is 27.5 Å². The fourth-order valence-corrected chi connectivity index (χ4v) is 3.03. The lowest BCUT2D eigenvalue weighted by Crippen LogP contribution is -2.29. The molecule has 2 aromatic heterocycles. The van der Waals surface area contributed by atoms with Crippen molar-refractivity contribution in [2.75, 3.05) is 13.1 Å². The van der Waals surface area contributed by atoms with Crippen molar-refractivity contribution in [2.24, 2.45) is 7.05 Å². The zero-order valence-electron chi connectivity index (χ0n) is 14.4. The van der Waals surface area contributed by atoms with E-state index in [4.69, 9.17) is 0 Å². The van der Waals surface area contributed by atoms with Crippen LogP contribution < -0.4 is 5.56 Å². The van der Waals surface area contributed by atoms with E-state index in [2.05, 4.69) is 36.7 Å². The fraction of sp³-hybridized carbons (Fsp3) is 0.611. The Balaban J connectivity index is 0.000000545. The van der Waals surface area contributed by atoms with Crippen LogP contribution in [0.2, 0.25) is 0 Å². The van der Waals surface area contributed by atoms with E-state index < -0.39 is 0 Å². The van der Waals surface area contributed by atoms with Crippen molar-refractivity contribution in [1.29, 1.82) is 0 Å². The molecule has 0 bridgehead atoms. The van der Waals surface area contributed by atoms with Crippen LogP contribution in [0.25, 0.3) is 10.9 Å². The van der Waals surface area contributed by atoms with Gasteiger partial charge in [-0.25, -0.2) is 0 Å². The molecule has 0 amide bonds. The first-order chi connectivity index (χ1) is 10.6. The number of likely N-dealkylation sites (tertiary alicyclic amines) is 1. The molecule has 0 spiro atoms. The molecule has 0 aromatic carbocycles. The maximum Gasteiger partial charge on any atom is 0.274 e. The maximum absolute atomic E-state index is 12.1. The summed E-state index contributed by atoms with van der Waals surface area (Å²) in [6, 6.07) is 2.14. The van der Waals surface area contributed by atoms with Crippen molar-refractivity contribution in [1.82, 2.24) is 14.5 Å². The van der Waals surface area contributed by atoms with Gasteiger partial charge >= 0.3 is 0 Å². The molecule has 2 aromatic rings. The van der Waals surface area contributed by atoms with E-state index >= 15 is 0 Å². The van der Waals surface area contributed by atoms with Gasteiger partial charge in [0, 0.05) is 30.9 Å². The summed E-state index contributed by atoms with van der Waals surface area (Å²) in [5.41, 5.74) is 3.11. The molecule has 0 atom stereocenters. The van der Waals surface area contributed by atoms with Gasteiger partial charge in [-0.3, -0.25) is 9.69 Å². The first-order valence-electron chi connectivity index (χ1n) is 8.47. The third-order valence-electron chi connectivity index (χ3n) is 4.06. The van der Waals surface area contributed by atoms with Crippen LogP contribution in [-0.2, 0) is 13.6 Å². The number of rotatable bonds is 2. The molecule has 4 heteroatoms. The highest BCUT2D eigenvalue weighted by Crippen LogP contribution is 2.18. The first kappa shape index (κ1) is 16.8. The Morgan fingerprint density at radius 3 is 2.45 bits per heavy atom. The molecule has 0 unspecified atom stereocenters. The second kappa shape index (κ2) is 7.63. The van der Waals surface area contributed by atoms with Gasteiger partial charge in [0.15, 0.2) is 0 Å². The number of piperidine rings is 1. The van der Waals surface area contributed by atoms with E-state index in [9.17, 15) is 4.79 Å². The molecule has 0 radical (unpaired) electrons. The summed E-state index contributed by atoms with van der Waals surface area (Å²) >= 11 is 0. The van der Waals surface area contributed by atoms with Gasteiger partial charge < -0.3 is 9.55 Å². The van der Waals surface area contributed by atoms with Crippen molar-refractivity contribution < 1.29 is 0 Å². The molecule has 1 saturated heterocycles. The minimum absolute atomic E-state index is 0.0606. The number of nitrogens with one attached hydrogen (secondary N) is 1. The number of pyridine rings is 1. The van der Waals surface area contributed by atoms with Crippen LogP contribution in [0, 0.1) is 6.92 Å². The van der Waals surface area contributed by atoms with E-state index in [1.807, 2.05) is 6.20 Å². The number of fused-ring (bicyclic) bond motifs is 1. The quantitative estimate of drug-likeness (QED) is 0.921. The van der Waals surface area contributed by atoms with Gasteiger partial charge in [0.1, 0.15) is 5.52 Å². The zero-order valence-corrected chi connectivity index (χ0v) is 14.4. The standard InChI is InChI=1S/C15H21N3O.C3H8/c1-11-9-17(2)15(19)14-13(11)8-12(16-14)10-18-6-4-3-5-7-18;1-3-2/h8-9,16H,3-7,10H2,1-2H3;3H2,1-2H3. The fourth-order valence-electron chi connectivity index (χ4n) is 3.03. The van der Waals surface area contributed by atoms with Crippen molar-refractivity contribution in [2.45, 2.75) is 53.0 Å². The monoisotopic (exact) mass is 303 g/mol. The van der Waals surface area contributed by atoms with Gasteiger partial charge in [0.2, 0.25) is 0 Å². The van der Waals surface area contributed by atoms with E-state index in [-0.39, 0.29) is 5.56 Å². The van der Waals surface area contributed by atoms with Crippen molar-refractivity contribution in [3.05, 3.63) is 33.9 Å². The Labute approximate surface area is 133 Å². The van der Waals surface area contributed by atoms with E-state index in [1.54, 1.807) is 11.6 Å². The van der Waals surface area contributed by atoms with Gasteiger partial charge in [0.25, 0.3) is 5.56 Å². The number of aromatic nitrogens is 2. The minimum Gasteiger partial charge on any atom is -0.353 e. The topological polar surface area (TPSA) is 41.0 Å². The highest BCUT2D eigenvalue weighted by molar-refractivity contribution is 5.82. The van der Waals surface area contributed by atoms with Crippen molar-refractivity contribution >= 4 is 10.9 Å². The molecule has 1 aliphatic rings. The van der Waals surface area contributed by atoms with Crippen LogP contribution >= 0.6 is 0 Å². The summed E-state index contributed by atoms with van der Waals surface area (Å²) in [5, 5.41) is 1.06. The molecular weight excluding hydrogens is 274 g/mol. The molecule has 0 aliphatic carbocycles. The third-order valence-corrected chi connectivity index (χ3v) is 4.06. The molecule has 3 heterocycles. The number of hydrogen-bond donors (Lipinski definition) is 1. The summed E-state index contributed by atoms with van der Waals surface area (Å²) < 4.78 is 1.65. The van der Waals surface area contributed by atoms with Crippen molar-refractivity contribution in [3.8, 4) is 0 Å². The summed E-state index contributed by atoms with van der Waals surface area (Å²) in [4.78, 5) is 17.9. The van der Waals surface area contributed by atoms with E-state index in [1.165, 1.54) is 38.8 Å². The molecular formula is C18H29N3O. The van der Waals surface area contributed by atoms with E-state index in [0.717, 1.165) is 28.7 Å². The summed E-state index contributed by atoms with van der Waals surface area (Å²) in [6.07, 6.45) is 7.09. The van der Waals surface area contributed by atoms with Crippen molar-refractivity contribution in [3.63, 3.8) is 0 Å². The van der Waals surface area contributed by atoms with Gasteiger partial charge in [-0.2, -0.15) is 0 Å². The second-order valence-electron chi connectivity index (χ2n) is 6.36. The Kier molecular flexibility index (Phi) is 5.83.